The van der Waals surface area contributed by atoms with Crippen LogP contribution >= 0.6 is 0 Å². The molecule has 6 heteroatoms. The standard InChI is InChI=1S/C11H12FNO4/c1-6(11(15)16)13-10(14)9-7(12)4-3-5-8(9)17-2/h3-6H,1-2H3,(H,13,14)(H,15,16)/t6-/m0/s1. The van der Waals surface area contributed by atoms with Gasteiger partial charge in [-0.25, -0.2) is 4.39 Å². The molecular weight excluding hydrogens is 229 g/mol. The number of aliphatic carboxylic acids is 1. The van der Waals surface area contributed by atoms with E-state index in [4.69, 9.17) is 9.84 Å². The molecule has 92 valence electrons. The molecule has 0 bridgehead atoms. The van der Waals surface area contributed by atoms with Crippen molar-refractivity contribution < 1.29 is 23.8 Å². The predicted molar refractivity (Wildman–Crippen MR) is 57.5 cm³/mol. The Morgan fingerprint density at radius 3 is 2.65 bits per heavy atom. The van der Waals surface area contributed by atoms with E-state index in [-0.39, 0.29) is 11.3 Å². The Balaban J connectivity index is 3.00. The van der Waals surface area contributed by atoms with Gasteiger partial charge in [-0.1, -0.05) is 6.07 Å². The van der Waals surface area contributed by atoms with Crippen molar-refractivity contribution in [2.24, 2.45) is 0 Å². The van der Waals surface area contributed by atoms with Crippen molar-refractivity contribution in [1.82, 2.24) is 5.32 Å². The van der Waals surface area contributed by atoms with Crippen molar-refractivity contribution in [3.8, 4) is 5.75 Å². The zero-order chi connectivity index (χ0) is 13.0. The highest BCUT2D eigenvalue weighted by atomic mass is 19.1. The SMILES string of the molecule is COc1cccc(F)c1C(=O)N[C@@H](C)C(=O)O. The lowest BCUT2D eigenvalue weighted by Gasteiger charge is -2.12. The van der Waals surface area contributed by atoms with Gasteiger partial charge in [0.15, 0.2) is 0 Å². The zero-order valence-electron chi connectivity index (χ0n) is 9.36. The summed E-state index contributed by atoms with van der Waals surface area (Å²) >= 11 is 0. The molecule has 0 aliphatic carbocycles. The Kier molecular flexibility index (Phi) is 4.03. The highest BCUT2D eigenvalue weighted by Gasteiger charge is 2.21. The Morgan fingerprint density at radius 1 is 1.47 bits per heavy atom. The third-order valence-electron chi connectivity index (χ3n) is 2.14. The Morgan fingerprint density at radius 2 is 2.12 bits per heavy atom. The number of carbonyl (C=O) groups is 2. The van der Waals surface area contributed by atoms with Gasteiger partial charge in [-0.3, -0.25) is 9.59 Å². The number of halogens is 1. The molecule has 1 rings (SSSR count). The molecule has 2 N–H and O–H groups in total. The Bertz CT molecular complexity index is 447. The fourth-order valence-corrected chi connectivity index (χ4v) is 1.23. The number of rotatable bonds is 4. The number of benzene rings is 1. The van der Waals surface area contributed by atoms with Crippen molar-refractivity contribution in [3.05, 3.63) is 29.6 Å². The summed E-state index contributed by atoms with van der Waals surface area (Å²) in [6.45, 7) is 1.29. The highest BCUT2D eigenvalue weighted by molar-refractivity contribution is 5.99. The molecule has 0 radical (unpaired) electrons. The van der Waals surface area contributed by atoms with E-state index >= 15 is 0 Å². The fraction of sp³-hybridized carbons (Fsp3) is 0.273. The second-order valence-electron chi connectivity index (χ2n) is 3.35. The maximum absolute atomic E-state index is 13.5. The number of methoxy groups -OCH3 is 1. The van der Waals surface area contributed by atoms with E-state index in [1.54, 1.807) is 0 Å². The molecule has 17 heavy (non-hydrogen) atoms. The number of amides is 1. The first-order valence-electron chi connectivity index (χ1n) is 4.83. The Labute approximate surface area is 97.2 Å². The third kappa shape index (κ3) is 2.93. The molecule has 0 fully saturated rings. The minimum atomic E-state index is -1.20. The van der Waals surface area contributed by atoms with Crippen molar-refractivity contribution in [2.75, 3.05) is 7.11 Å². The molecule has 0 unspecified atom stereocenters. The predicted octanol–water partition coefficient (Wildman–Crippen LogP) is 1.04. The van der Waals surface area contributed by atoms with Gasteiger partial charge in [-0.2, -0.15) is 0 Å². The summed E-state index contributed by atoms with van der Waals surface area (Å²) < 4.78 is 18.3. The highest BCUT2D eigenvalue weighted by Crippen LogP contribution is 2.20. The minimum absolute atomic E-state index is 0.0556. The summed E-state index contributed by atoms with van der Waals surface area (Å²) in [6.07, 6.45) is 0. The van der Waals surface area contributed by atoms with Crippen LogP contribution in [0.15, 0.2) is 18.2 Å². The minimum Gasteiger partial charge on any atom is -0.496 e. The van der Waals surface area contributed by atoms with Crippen LogP contribution in [0.4, 0.5) is 4.39 Å². The molecule has 0 aliphatic rings. The molecule has 1 aromatic carbocycles. The van der Waals surface area contributed by atoms with Crippen LogP contribution in [0.1, 0.15) is 17.3 Å². The molecular formula is C11H12FNO4. The summed E-state index contributed by atoms with van der Waals surface area (Å²) in [7, 11) is 1.30. The van der Waals surface area contributed by atoms with Crippen LogP contribution in [0.3, 0.4) is 0 Å². The van der Waals surface area contributed by atoms with Gasteiger partial charge in [0.2, 0.25) is 0 Å². The van der Waals surface area contributed by atoms with Gasteiger partial charge in [0.1, 0.15) is 23.2 Å². The summed E-state index contributed by atoms with van der Waals surface area (Å²) in [6, 6.07) is 2.81. The van der Waals surface area contributed by atoms with Gasteiger partial charge in [0, 0.05) is 0 Å². The fourth-order valence-electron chi connectivity index (χ4n) is 1.23. The van der Waals surface area contributed by atoms with Gasteiger partial charge in [-0.05, 0) is 19.1 Å². The molecule has 0 aliphatic heterocycles. The number of carbonyl (C=O) groups excluding carboxylic acids is 1. The van der Waals surface area contributed by atoms with E-state index in [1.165, 1.54) is 26.2 Å². The normalized spacial score (nSPS) is 11.7. The number of hydrogen-bond donors (Lipinski definition) is 2. The number of ether oxygens (including phenoxy) is 1. The van der Waals surface area contributed by atoms with Crippen molar-refractivity contribution in [2.45, 2.75) is 13.0 Å². The molecule has 0 spiro atoms. The van der Waals surface area contributed by atoms with Crippen LogP contribution < -0.4 is 10.1 Å². The number of carboxylic acid groups (broad SMARTS) is 1. The van der Waals surface area contributed by atoms with Crippen LogP contribution in [-0.4, -0.2) is 30.1 Å². The van der Waals surface area contributed by atoms with Crippen molar-refractivity contribution >= 4 is 11.9 Å². The maximum Gasteiger partial charge on any atom is 0.325 e. The summed E-state index contributed by atoms with van der Waals surface area (Å²) in [5, 5.41) is 10.8. The van der Waals surface area contributed by atoms with E-state index in [0.717, 1.165) is 6.07 Å². The second kappa shape index (κ2) is 5.29. The number of hydrogen-bond acceptors (Lipinski definition) is 3. The van der Waals surface area contributed by atoms with E-state index in [2.05, 4.69) is 5.32 Å². The molecule has 1 atom stereocenters. The van der Waals surface area contributed by atoms with Gasteiger partial charge in [-0.15, -0.1) is 0 Å². The van der Waals surface area contributed by atoms with E-state index in [9.17, 15) is 14.0 Å². The van der Waals surface area contributed by atoms with Crippen molar-refractivity contribution in [3.63, 3.8) is 0 Å². The number of nitrogens with one attached hydrogen (secondary N) is 1. The van der Waals surface area contributed by atoms with Crippen LogP contribution in [-0.2, 0) is 4.79 Å². The molecule has 1 aromatic rings. The molecule has 0 saturated heterocycles. The van der Waals surface area contributed by atoms with Crippen LogP contribution in [0.25, 0.3) is 0 Å². The smallest absolute Gasteiger partial charge is 0.325 e. The first-order valence-corrected chi connectivity index (χ1v) is 4.83. The average molecular weight is 241 g/mol. The van der Waals surface area contributed by atoms with Crippen LogP contribution in [0, 0.1) is 5.82 Å². The molecule has 0 saturated carbocycles. The summed E-state index contributed by atoms with van der Waals surface area (Å²) in [4.78, 5) is 22.2. The molecule has 1 amide bonds. The third-order valence-corrected chi connectivity index (χ3v) is 2.14. The van der Waals surface area contributed by atoms with Crippen LogP contribution in [0.5, 0.6) is 5.75 Å². The first-order chi connectivity index (χ1) is 7.97. The van der Waals surface area contributed by atoms with Gasteiger partial charge < -0.3 is 15.2 Å². The largest absolute Gasteiger partial charge is 0.496 e. The molecule has 0 heterocycles. The van der Waals surface area contributed by atoms with E-state index in [1.807, 2.05) is 0 Å². The van der Waals surface area contributed by atoms with Crippen LogP contribution in [0.2, 0.25) is 0 Å². The quantitative estimate of drug-likeness (QED) is 0.825. The summed E-state index contributed by atoms with van der Waals surface area (Å²) in [5.74, 6) is -2.73. The molecule has 0 aromatic heterocycles. The number of carboxylic acids is 1. The lowest BCUT2D eigenvalue weighted by atomic mass is 10.1. The lowest BCUT2D eigenvalue weighted by molar-refractivity contribution is -0.138. The molecule has 5 nitrogen and oxygen atoms in total. The monoisotopic (exact) mass is 241 g/mol. The van der Waals surface area contributed by atoms with Gasteiger partial charge in [0.05, 0.1) is 7.11 Å². The second-order valence-corrected chi connectivity index (χ2v) is 3.35. The van der Waals surface area contributed by atoms with Gasteiger partial charge in [0.25, 0.3) is 5.91 Å². The van der Waals surface area contributed by atoms with Gasteiger partial charge >= 0.3 is 5.97 Å². The average Bonchev–Trinajstić information content (AvgIpc) is 2.27. The lowest BCUT2D eigenvalue weighted by Crippen LogP contribution is -2.38. The van der Waals surface area contributed by atoms with Crippen molar-refractivity contribution in [1.29, 1.82) is 0 Å². The maximum atomic E-state index is 13.5. The zero-order valence-corrected chi connectivity index (χ0v) is 9.36. The summed E-state index contributed by atoms with van der Waals surface area (Å²) in [5.41, 5.74) is -0.303. The Hall–Kier alpha value is -2.11. The first kappa shape index (κ1) is 13.0. The van der Waals surface area contributed by atoms with E-state index in [0.29, 0.717) is 0 Å². The van der Waals surface area contributed by atoms with E-state index < -0.39 is 23.7 Å². The topological polar surface area (TPSA) is 75.6 Å².